The number of aryl methyl sites for hydroxylation is 1. The number of ether oxygens (including phenoxy) is 4. The Hall–Kier alpha value is -4.63. The lowest BCUT2D eigenvalue weighted by Gasteiger charge is -2.43. The molecule has 8 nitrogen and oxygen atoms in total. The van der Waals surface area contributed by atoms with E-state index in [4.69, 9.17) is 18.9 Å². The molecule has 0 bridgehead atoms. The minimum Gasteiger partial charge on any atom is -0.496 e. The summed E-state index contributed by atoms with van der Waals surface area (Å²) in [5, 5.41) is 2.71. The van der Waals surface area contributed by atoms with Crippen molar-refractivity contribution in [1.82, 2.24) is 4.57 Å². The number of fused-ring (bicyclic) bond motifs is 5. The van der Waals surface area contributed by atoms with Crippen molar-refractivity contribution < 1.29 is 28.5 Å². The highest BCUT2D eigenvalue weighted by molar-refractivity contribution is 9.10. The summed E-state index contributed by atoms with van der Waals surface area (Å²) in [5.41, 5.74) is 0.988. The van der Waals surface area contributed by atoms with Crippen LogP contribution < -0.4 is 14.9 Å². The third kappa shape index (κ3) is 5.11. The van der Waals surface area contributed by atoms with Gasteiger partial charge in [0.1, 0.15) is 17.1 Å². The van der Waals surface area contributed by atoms with Gasteiger partial charge in [-0.15, -0.1) is 0 Å². The van der Waals surface area contributed by atoms with E-state index in [2.05, 4.69) is 15.9 Å². The fourth-order valence-electron chi connectivity index (χ4n) is 5.93. The summed E-state index contributed by atoms with van der Waals surface area (Å²) in [6, 6.07) is 20.7. The molecule has 0 N–H and O–H groups in total. The maximum absolute atomic E-state index is 14.2. The highest BCUT2D eigenvalue weighted by atomic mass is 79.9. The first kappa shape index (κ1) is 29.4. The SMILES string of the molecule is COc1cc2c(c3c1c(=O)c1cc4ccccc4cc1n3C)[C@H](OC(C)=O)[C@H](OC(=O)C=Cc1ccc(Br)cc1)C(C)(C)O2. The molecule has 6 rings (SSSR count). The number of halogens is 1. The fourth-order valence-corrected chi connectivity index (χ4v) is 6.20. The summed E-state index contributed by atoms with van der Waals surface area (Å²) in [5.74, 6) is -0.539. The number of esters is 2. The Morgan fingerprint density at radius 2 is 1.68 bits per heavy atom. The minimum absolute atomic E-state index is 0.240. The van der Waals surface area contributed by atoms with E-state index in [-0.39, 0.29) is 5.43 Å². The van der Waals surface area contributed by atoms with Crippen LogP contribution in [0.3, 0.4) is 0 Å². The molecule has 2 atom stereocenters. The maximum Gasteiger partial charge on any atom is 0.331 e. The molecule has 0 amide bonds. The number of pyridine rings is 1. The first-order valence-electron chi connectivity index (χ1n) is 14.0. The Balaban J connectivity index is 1.56. The molecule has 0 spiro atoms. The van der Waals surface area contributed by atoms with Crippen molar-refractivity contribution in [2.24, 2.45) is 7.05 Å². The summed E-state index contributed by atoms with van der Waals surface area (Å²) in [6.07, 6.45) is 0.814. The molecule has 0 saturated heterocycles. The molecule has 224 valence electrons. The van der Waals surface area contributed by atoms with Gasteiger partial charge in [-0.25, -0.2) is 4.79 Å². The number of carbonyl (C=O) groups excluding carboxylic acids is 2. The summed E-state index contributed by atoms with van der Waals surface area (Å²) in [6.45, 7) is 4.80. The first-order valence-corrected chi connectivity index (χ1v) is 14.8. The van der Waals surface area contributed by atoms with E-state index in [1.807, 2.05) is 72.3 Å². The van der Waals surface area contributed by atoms with Crippen molar-refractivity contribution in [3.8, 4) is 11.5 Å². The van der Waals surface area contributed by atoms with Crippen LogP contribution in [0, 0.1) is 0 Å². The lowest BCUT2D eigenvalue weighted by atomic mass is 9.86. The zero-order valence-corrected chi connectivity index (χ0v) is 26.4. The van der Waals surface area contributed by atoms with Crippen LogP contribution in [0.5, 0.6) is 11.5 Å². The Labute approximate surface area is 261 Å². The third-order valence-corrected chi connectivity index (χ3v) is 8.48. The molecule has 1 aliphatic rings. The van der Waals surface area contributed by atoms with Crippen LogP contribution in [0.4, 0.5) is 0 Å². The third-order valence-electron chi connectivity index (χ3n) is 7.95. The quantitative estimate of drug-likeness (QED) is 0.114. The average molecular weight is 657 g/mol. The monoisotopic (exact) mass is 655 g/mol. The van der Waals surface area contributed by atoms with Crippen molar-refractivity contribution in [3.63, 3.8) is 0 Å². The number of rotatable bonds is 5. The highest BCUT2D eigenvalue weighted by Gasteiger charge is 2.50. The van der Waals surface area contributed by atoms with Crippen molar-refractivity contribution in [2.75, 3.05) is 7.11 Å². The van der Waals surface area contributed by atoms with Gasteiger partial charge >= 0.3 is 11.9 Å². The van der Waals surface area contributed by atoms with Gasteiger partial charge in [0.05, 0.1) is 29.1 Å². The summed E-state index contributed by atoms with van der Waals surface area (Å²) in [4.78, 5) is 39.9. The number of benzene rings is 4. The number of hydrogen-bond acceptors (Lipinski definition) is 7. The topological polar surface area (TPSA) is 93.1 Å². The number of nitrogens with zero attached hydrogens (tertiary/aromatic N) is 1. The Bertz CT molecular complexity index is 2060. The highest BCUT2D eigenvalue weighted by Crippen LogP contribution is 2.49. The van der Waals surface area contributed by atoms with E-state index in [0.29, 0.717) is 38.9 Å². The second-order valence-corrected chi connectivity index (χ2v) is 12.2. The standard InChI is InChI=1S/C35H30BrNO7/c1-19(38)42-33-30-27(44-35(2,3)34(33)43-28(39)15-12-20-10-13-23(36)14-11-20)18-26(41-5)29-31(30)37(4)25-17-22-9-7-6-8-21(22)16-24(25)32(29)40/h6-18,33-34H,1-5H3/t33-,34-/m0/s1. The molecule has 2 heterocycles. The largest absolute Gasteiger partial charge is 0.496 e. The molecule has 1 aliphatic heterocycles. The van der Waals surface area contributed by atoms with E-state index >= 15 is 0 Å². The van der Waals surface area contributed by atoms with E-state index in [0.717, 1.165) is 20.8 Å². The number of carbonyl (C=O) groups is 2. The molecule has 4 aromatic carbocycles. The van der Waals surface area contributed by atoms with Gasteiger partial charge in [0.15, 0.2) is 12.2 Å². The van der Waals surface area contributed by atoms with Crippen molar-refractivity contribution in [3.05, 3.63) is 98.6 Å². The second kappa shape index (κ2) is 11.1. The van der Waals surface area contributed by atoms with Crippen LogP contribution in [-0.2, 0) is 26.1 Å². The van der Waals surface area contributed by atoms with Crippen LogP contribution in [0.1, 0.15) is 38.0 Å². The molecule has 0 radical (unpaired) electrons. The normalized spacial score (nSPS) is 17.4. The Morgan fingerprint density at radius 3 is 2.34 bits per heavy atom. The van der Waals surface area contributed by atoms with Gasteiger partial charge in [-0.05, 0) is 60.5 Å². The fraction of sp³-hybridized carbons (Fsp3) is 0.229. The lowest BCUT2D eigenvalue weighted by molar-refractivity contribution is -0.185. The van der Waals surface area contributed by atoms with E-state index in [1.54, 1.807) is 26.0 Å². The number of hydrogen-bond donors (Lipinski definition) is 0. The van der Waals surface area contributed by atoms with Gasteiger partial charge < -0.3 is 23.5 Å². The van der Waals surface area contributed by atoms with Gasteiger partial charge in [-0.1, -0.05) is 52.3 Å². The molecule has 0 unspecified atom stereocenters. The summed E-state index contributed by atoms with van der Waals surface area (Å²) >= 11 is 3.40. The van der Waals surface area contributed by atoms with Crippen molar-refractivity contribution in [2.45, 2.75) is 38.6 Å². The van der Waals surface area contributed by atoms with Gasteiger partial charge in [-0.3, -0.25) is 9.59 Å². The van der Waals surface area contributed by atoms with Crippen molar-refractivity contribution in [1.29, 1.82) is 0 Å². The van der Waals surface area contributed by atoms with Gasteiger partial charge in [0.25, 0.3) is 0 Å². The summed E-state index contributed by atoms with van der Waals surface area (Å²) < 4.78 is 26.9. The first-order chi connectivity index (χ1) is 21.0. The predicted molar refractivity (Wildman–Crippen MR) is 173 cm³/mol. The van der Waals surface area contributed by atoms with E-state index in [1.165, 1.54) is 20.1 Å². The second-order valence-electron chi connectivity index (χ2n) is 11.3. The smallest absolute Gasteiger partial charge is 0.331 e. The maximum atomic E-state index is 14.2. The molecular formula is C35H30BrNO7. The van der Waals surface area contributed by atoms with E-state index < -0.39 is 29.7 Å². The van der Waals surface area contributed by atoms with Gasteiger partial charge in [0.2, 0.25) is 5.43 Å². The predicted octanol–water partition coefficient (Wildman–Crippen LogP) is 7.02. The van der Waals surface area contributed by atoms with Crippen LogP contribution >= 0.6 is 15.9 Å². The molecule has 0 saturated carbocycles. The zero-order chi connectivity index (χ0) is 31.3. The van der Waals surface area contributed by atoms with Crippen molar-refractivity contribution >= 4 is 66.5 Å². The van der Waals surface area contributed by atoms with Gasteiger partial charge in [-0.2, -0.15) is 0 Å². The molecule has 9 heteroatoms. The zero-order valence-electron chi connectivity index (χ0n) is 24.8. The Morgan fingerprint density at radius 1 is 1.00 bits per heavy atom. The molecule has 5 aromatic rings. The average Bonchev–Trinajstić information content (AvgIpc) is 2.99. The minimum atomic E-state index is -1.13. The molecule has 44 heavy (non-hydrogen) atoms. The van der Waals surface area contributed by atoms with E-state index in [9.17, 15) is 14.4 Å². The number of methoxy groups -OCH3 is 1. The van der Waals surface area contributed by atoms with Crippen LogP contribution in [0.15, 0.2) is 82.1 Å². The Kier molecular flexibility index (Phi) is 7.45. The van der Waals surface area contributed by atoms with Crippen LogP contribution in [0.2, 0.25) is 0 Å². The molecule has 0 fully saturated rings. The molecular weight excluding hydrogens is 626 g/mol. The molecule has 1 aromatic heterocycles. The van der Waals surface area contributed by atoms with Crippen LogP contribution in [-0.4, -0.2) is 35.3 Å². The van der Waals surface area contributed by atoms with Gasteiger partial charge in [0, 0.05) is 36.0 Å². The van der Waals surface area contributed by atoms with Crippen LogP contribution in [0.25, 0.3) is 38.7 Å². The number of aromatic nitrogens is 1. The summed E-state index contributed by atoms with van der Waals surface area (Å²) in [7, 11) is 3.33. The molecule has 0 aliphatic carbocycles. The lowest BCUT2D eigenvalue weighted by Crippen LogP contribution is -2.52.